The van der Waals surface area contributed by atoms with Gasteiger partial charge in [-0.05, 0) is 68.5 Å². The predicted molar refractivity (Wildman–Crippen MR) is 104 cm³/mol. The zero-order chi connectivity index (χ0) is 17.1. The smallest absolute Gasteiger partial charge is 0.0667 e. The number of aliphatic hydroxyl groups is 1. The van der Waals surface area contributed by atoms with Gasteiger partial charge in [0.2, 0.25) is 0 Å². The monoisotopic (exact) mass is 336 g/mol. The summed E-state index contributed by atoms with van der Waals surface area (Å²) in [6.07, 6.45) is 5.30. The van der Waals surface area contributed by atoms with E-state index in [-0.39, 0.29) is 6.10 Å². The number of anilines is 2. The standard InChI is InChI=1S/C22H28N2O/c25-20-9-5-14-23(17-20)15-6-16-24-21-10-3-1-7-18(21)12-13-19-8-2-4-11-22(19)24/h1-4,7-8,10-11,20,25H,5-6,9,12-17H2. The fourth-order valence-electron chi connectivity index (χ4n) is 4.30. The molecule has 2 aliphatic heterocycles. The lowest BCUT2D eigenvalue weighted by Crippen LogP contribution is -2.39. The summed E-state index contributed by atoms with van der Waals surface area (Å²) in [6.45, 7) is 4.07. The number of benzene rings is 2. The SMILES string of the molecule is OC1CCCN(CCCN2c3ccccc3CCc3ccccc32)C1. The van der Waals surface area contributed by atoms with Crippen LogP contribution in [0.25, 0.3) is 0 Å². The number of hydrogen-bond acceptors (Lipinski definition) is 3. The first-order valence-electron chi connectivity index (χ1n) is 9.65. The van der Waals surface area contributed by atoms with Crippen LogP contribution in [0.2, 0.25) is 0 Å². The van der Waals surface area contributed by atoms with Crippen molar-refractivity contribution in [2.24, 2.45) is 0 Å². The molecule has 0 aliphatic carbocycles. The number of aliphatic hydroxyl groups excluding tert-OH is 1. The fraction of sp³-hybridized carbons (Fsp3) is 0.455. The zero-order valence-electron chi connectivity index (χ0n) is 14.9. The van der Waals surface area contributed by atoms with Gasteiger partial charge in [-0.1, -0.05) is 36.4 Å². The predicted octanol–water partition coefficient (Wildman–Crippen LogP) is 3.77. The summed E-state index contributed by atoms with van der Waals surface area (Å²) in [4.78, 5) is 4.93. The van der Waals surface area contributed by atoms with Crippen LogP contribution in [0.3, 0.4) is 0 Å². The topological polar surface area (TPSA) is 26.7 Å². The van der Waals surface area contributed by atoms with E-state index in [1.807, 2.05) is 0 Å². The number of aryl methyl sites for hydroxylation is 2. The van der Waals surface area contributed by atoms with E-state index in [1.54, 1.807) is 0 Å². The van der Waals surface area contributed by atoms with Gasteiger partial charge in [-0.25, -0.2) is 0 Å². The van der Waals surface area contributed by atoms with Gasteiger partial charge < -0.3 is 14.9 Å². The first-order chi connectivity index (χ1) is 12.3. The lowest BCUT2D eigenvalue weighted by molar-refractivity contribution is 0.0705. The normalized spacial score (nSPS) is 20.7. The number of rotatable bonds is 4. The van der Waals surface area contributed by atoms with Crippen LogP contribution in [-0.2, 0) is 12.8 Å². The summed E-state index contributed by atoms with van der Waals surface area (Å²) in [6, 6.07) is 17.7. The molecule has 25 heavy (non-hydrogen) atoms. The molecule has 0 amide bonds. The Morgan fingerprint density at radius 1 is 0.880 bits per heavy atom. The maximum atomic E-state index is 9.87. The Kier molecular flexibility index (Phi) is 5.04. The highest BCUT2D eigenvalue weighted by molar-refractivity contribution is 5.71. The van der Waals surface area contributed by atoms with Crippen LogP contribution >= 0.6 is 0 Å². The van der Waals surface area contributed by atoms with E-state index in [4.69, 9.17) is 0 Å². The van der Waals surface area contributed by atoms with E-state index in [0.29, 0.717) is 0 Å². The van der Waals surface area contributed by atoms with Crippen LogP contribution in [0.5, 0.6) is 0 Å². The van der Waals surface area contributed by atoms with Gasteiger partial charge in [0.05, 0.1) is 6.10 Å². The Morgan fingerprint density at radius 3 is 2.16 bits per heavy atom. The van der Waals surface area contributed by atoms with Gasteiger partial charge in [0.15, 0.2) is 0 Å². The van der Waals surface area contributed by atoms with Crippen molar-refractivity contribution in [3.8, 4) is 0 Å². The Labute approximate surface area is 150 Å². The van der Waals surface area contributed by atoms with E-state index < -0.39 is 0 Å². The molecule has 0 spiro atoms. The first kappa shape index (κ1) is 16.6. The third kappa shape index (κ3) is 3.73. The highest BCUT2D eigenvalue weighted by Gasteiger charge is 2.21. The molecule has 0 radical (unpaired) electrons. The lowest BCUT2D eigenvalue weighted by Gasteiger charge is -2.32. The molecule has 0 bridgehead atoms. The van der Waals surface area contributed by atoms with Crippen molar-refractivity contribution < 1.29 is 5.11 Å². The second-order valence-corrected chi connectivity index (χ2v) is 7.36. The minimum absolute atomic E-state index is 0.131. The molecule has 4 rings (SSSR count). The van der Waals surface area contributed by atoms with E-state index in [1.165, 1.54) is 22.5 Å². The van der Waals surface area contributed by atoms with E-state index in [2.05, 4.69) is 58.3 Å². The largest absolute Gasteiger partial charge is 0.392 e. The average Bonchev–Trinajstić information content (AvgIpc) is 2.80. The molecule has 2 aliphatic rings. The molecule has 1 saturated heterocycles. The van der Waals surface area contributed by atoms with Gasteiger partial charge in [0.25, 0.3) is 0 Å². The first-order valence-corrected chi connectivity index (χ1v) is 9.65. The van der Waals surface area contributed by atoms with Gasteiger partial charge >= 0.3 is 0 Å². The molecule has 1 unspecified atom stereocenters. The molecule has 1 fully saturated rings. The highest BCUT2D eigenvalue weighted by atomic mass is 16.3. The van der Waals surface area contributed by atoms with E-state index >= 15 is 0 Å². The molecule has 1 N–H and O–H groups in total. The van der Waals surface area contributed by atoms with Crippen molar-refractivity contribution in [2.45, 2.75) is 38.2 Å². The molecule has 2 aromatic rings. The van der Waals surface area contributed by atoms with Crippen molar-refractivity contribution in [3.63, 3.8) is 0 Å². The van der Waals surface area contributed by atoms with Crippen LogP contribution in [-0.4, -0.2) is 42.3 Å². The average molecular weight is 336 g/mol. The minimum Gasteiger partial charge on any atom is -0.392 e. The maximum absolute atomic E-state index is 9.87. The molecule has 132 valence electrons. The van der Waals surface area contributed by atoms with E-state index in [9.17, 15) is 5.11 Å². The number of β-amino-alcohol motifs (C(OH)–C–C–N with tert-alkyl or cyclic N) is 1. The molecule has 2 heterocycles. The Hall–Kier alpha value is -1.84. The second-order valence-electron chi connectivity index (χ2n) is 7.36. The van der Waals surface area contributed by atoms with Crippen molar-refractivity contribution in [3.05, 3.63) is 59.7 Å². The fourth-order valence-corrected chi connectivity index (χ4v) is 4.30. The quantitative estimate of drug-likeness (QED) is 0.921. The summed E-state index contributed by atoms with van der Waals surface area (Å²) >= 11 is 0. The molecule has 2 aromatic carbocycles. The number of para-hydroxylation sites is 2. The maximum Gasteiger partial charge on any atom is 0.0667 e. The van der Waals surface area contributed by atoms with Crippen molar-refractivity contribution in [2.75, 3.05) is 31.1 Å². The number of fused-ring (bicyclic) bond motifs is 2. The Balaban J connectivity index is 1.51. The van der Waals surface area contributed by atoms with Crippen LogP contribution in [0.1, 0.15) is 30.4 Å². The molecular formula is C22H28N2O. The summed E-state index contributed by atoms with van der Waals surface area (Å²) in [5.74, 6) is 0. The molecule has 3 heteroatoms. The summed E-state index contributed by atoms with van der Waals surface area (Å²) < 4.78 is 0. The summed E-state index contributed by atoms with van der Waals surface area (Å²) in [5, 5.41) is 9.87. The number of hydrogen-bond donors (Lipinski definition) is 1. The van der Waals surface area contributed by atoms with Crippen LogP contribution in [0, 0.1) is 0 Å². The molecule has 3 nitrogen and oxygen atoms in total. The van der Waals surface area contributed by atoms with Crippen LogP contribution in [0.15, 0.2) is 48.5 Å². The van der Waals surface area contributed by atoms with Crippen molar-refractivity contribution in [1.29, 1.82) is 0 Å². The van der Waals surface area contributed by atoms with Crippen molar-refractivity contribution in [1.82, 2.24) is 4.90 Å². The third-order valence-corrected chi connectivity index (χ3v) is 5.57. The second kappa shape index (κ2) is 7.59. The summed E-state index contributed by atoms with van der Waals surface area (Å²) in [5.41, 5.74) is 5.64. The molecular weight excluding hydrogens is 308 g/mol. The summed E-state index contributed by atoms with van der Waals surface area (Å²) in [7, 11) is 0. The minimum atomic E-state index is -0.131. The van der Waals surface area contributed by atoms with Gasteiger partial charge in [-0.3, -0.25) is 0 Å². The van der Waals surface area contributed by atoms with Crippen molar-refractivity contribution >= 4 is 11.4 Å². The number of piperidine rings is 1. The van der Waals surface area contributed by atoms with Gasteiger partial charge in [-0.2, -0.15) is 0 Å². The van der Waals surface area contributed by atoms with Gasteiger partial charge in [-0.15, -0.1) is 0 Å². The Morgan fingerprint density at radius 2 is 1.52 bits per heavy atom. The van der Waals surface area contributed by atoms with Gasteiger partial charge in [0.1, 0.15) is 0 Å². The molecule has 1 atom stereocenters. The Bertz CT molecular complexity index is 667. The molecule has 0 aromatic heterocycles. The number of likely N-dealkylation sites (tertiary alicyclic amines) is 1. The highest BCUT2D eigenvalue weighted by Crippen LogP contribution is 2.35. The number of nitrogens with zero attached hydrogens (tertiary/aromatic N) is 2. The van der Waals surface area contributed by atoms with Crippen LogP contribution < -0.4 is 4.90 Å². The lowest BCUT2D eigenvalue weighted by atomic mass is 10.0. The van der Waals surface area contributed by atoms with Gasteiger partial charge in [0, 0.05) is 24.5 Å². The molecule has 0 saturated carbocycles. The zero-order valence-corrected chi connectivity index (χ0v) is 14.9. The van der Waals surface area contributed by atoms with E-state index in [0.717, 1.165) is 58.3 Å². The third-order valence-electron chi connectivity index (χ3n) is 5.57. The van der Waals surface area contributed by atoms with Crippen LogP contribution in [0.4, 0.5) is 11.4 Å².